The second-order valence-corrected chi connectivity index (χ2v) is 13.4. The number of nitrogens with zero attached hydrogens (tertiary/aromatic N) is 2. The molecule has 7 heteroatoms. The van der Waals surface area contributed by atoms with Gasteiger partial charge in [-0.2, -0.15) is 0 Å². The Bertz CT molecular complexity index is 837. The molecule has 1 aliphatic carbocycles. The van der Waals surface area contributed by atoms with Crippen molar-refractivity contribution in [2.45, 2.75) is 58.9 Å². The summed E-state index contributed by atoms with van der Waals surface area (Å²) in [5, 5.41) is 0. The minimum absolute atomic E-state index is 0.0255. The molecule has 1 aliphatic heterocycles. The van der Waals surface area contributed by atoms with Crippen molar-refractivity contribution in [3.05, 3.63) is 21.4 Å². The van der Waals surface area contributed by atoms with Gasteiger partial charge in [-0.3, -0.25) is 4.79 Å². The monoisotopic (exact) mass is 440 g/mol. The van der Waals surface area contributed by atoms with Gasteiger partial charge in [-0.15, -0.1) is 11.3 Å². The average Bonchev–Trinajstić information content (AvgIpc) is 3.19. The third-order valence-corrected chi connectivity index (χ3v) is 9.41. The summed E-state index contributed by atoms with van der Waals surface area (Å²) in [5.41, 5.74) is 1.61. The van der Waals surface area contributed by atoms with Crippen LogP contribution in [0.3, 0.4) is 0 Å². The number of rotatable bonds is 6. The standard InChI is InChI=1S/C22H36N2O3S2/c1-22(2,3)17-7-8-19-16(13-17)14-20(28-19)21(25)24(11-6-10-23(4)5)18-9-12-29(26,27)15-18/h14,17-18H,6-13,15H2,1-5H3. The number of hydrogen-bond donors (Lipinski definition) is 0. The average molecular weight is 441 g/mol. The van der Waals surface area contributed by atoms with Crippen LogP contribution in [0.25, 0.3) is 0 Å². The number of hydrogen-bond acceptors (Lipinski definition) is 5. The van der Waals surface area contributed by atoms with Crippen molar-refractivity contribution in [2.75, 3.05) is 38.7 Å². The molecule has 0 N–H and O–H groups in total. The summed E-state index contributed by atoms with van der Waals surface area (Å²) in [6, 6.07) is 1.92. The van der Waals surface area contributed by atoms with Gasteiger partial charge in [0.15, 0.2) is 9.84 Å². The summed E-state index contributed by atoms with van der Waals surface area (Å²) < 4.78 is 24.1. The highest BCUT2D eigenvalue weighted by Crippen LogP contribution is 2.40. The van der Waals surface area contributed by atoms with Crippen molar-refractivity contribution < 1.29 is 13.2 Å². The van der Waals surface area contributed by atoms with Crippen molar-refractivity contribution in [1.82, 2.24) is 9.80 Å². The molecule has 0 spiro atoms. The number of amides is 1. The summed E-state index contributed by atoms with van der Waals surface area (Å²) in [5.74, 6) is 0.975. The second kappa shape index (κ2) is 8.67. The van der Waals surface area contributed by atoms with Gasteiger partial charge in [0.25, 0.3) is 5.91 Å². The minimum atomic E-state index is -3.02. The van der Waals surface area contributed by atoms with Gasteiger partial charge in [0, 0.05) is 17.5 Å². The Labute approximate surface area is 180 Å². The van der Waals surface area contributed by atoms with Gasteiger partial charge in [0.2, 0.25) is 0 Å². The first-order chi connectivity index (χ1) is 13.5. The van der Waals surface area contributed by atoms with Crippen LogP contribution in [0.15, 0.2) is 6.07 Å². The van der Waals surface area contributed by atoms with Gasteiger partial charge < -0.3 is 9.80 Å². The summed E-state index contributed by atoms with van der Waals surface area (Å²) >= 11 is 1.63. The maximum absolute atomic E-state index is 13.4. The summed E-state index contributed by atoms with van der Waals surface area (Å²) in [6.45, 7) is 8.40. The van der Waals surface area contributed by atoms with Crippen LogP contribution in [0.4, 0.5) is 0 Å². The Hall–Kier alpha value is -0.920. The lowest BCUT2D eigenvalue weighted by atomic mass is 9.72. The van der Waals surface area contributed by atoms with E-state index < -0.39 is 9.84 Å². The minimum Gasteiger partial charge on any atom is -0.334 e. The Balaban J connectivity index is 1.78. The van der Waals surface area contributed by atoms with Crippen LogP contribution in [-0.2, 0) is 22.7 Å². The van der Waals surface area contributed by atoms with E-state index >= 15 is 0 Å². The molecule has 1 aromatic heterocycles. The van der Waals surface area contributed by atoms with Crippen LogP contribution in [0.2, 0.25) is 0 Å². The molecule has 1 aromatic rings. The molecular weight excluding hydrogens is 404 g/mol. The number of thiophene rings is 1. The van der Waals surface area contributed by atoms with Gasteiger partial charge in [-0.25, -0.2) is 8.42 Å². The van der Waals surface area contributed by atoms with E-state index in [1.807, 2.05) is 19.0 Å². The molecule has 164 valence electrons. The normalized spacial score (nSPS) is 23.9. The smallest absolute Gasteiger partial charge is 0.264 e. The van der Waals surface area contributed by atoms with E-state index in [4.69, 9.17) is 0 Å². The van der Waals surface area contributed by atoms with Crippen molar-refractivity contribution in [3.8, 4) is 0 Å². The molecule has 1 fully saturated rings. The highest BCUT2D eigenvalue weighted by atomic mass is 32.2. The molecule has 2 aliphatic rings. The molecule has 0 saturated carbocycles. The fourth-order valence-electron chi connectivity index (χ4n) is 4.54. The molecule has 1 amide bonds. The molecule has 29 heavy (non-hydrogen) atoms. The molecular formula is C22H36N2O3S2. The summed E-state index contributed by atoms with van der Waals surface area (Å²) in [4.78, 5) is 19.5. The second-order valence-electron chi connectivity index (χ2n) is 10.1. The SMILES string of the molecule is CN(C)CCCN(C(=O)c1cc2c(s1)CCC(C(C)(C)C)C2)C1CCS(=O)(=O)C1. The zero-order valence-corrected chi connectivity index (χ0v) is 20.2. The lowest BCUT2D eigenvalue weighted by Crippen LogP contribution is -2.42. The Kier molecular flexibility index (Phi) is 6.81. The predicted octanol–water partition coefficient (Wildman–Crippen LogP) is 3.48. The van der Waals surface area contributed by atoms with E-state index in [1.54, 1.807) is 11.3 Å². The van der Waals surface area contributed by atoms with E-state index in [0.29, 0.717) is 18.9 Å². The number of carbonyl (C=O) groups excluding carboxylic acids is 1. The highest BCUT2D eigenvalue weighted by molar-refractivity contribution is 7.91. The number of aryl methyl sites for hydroxylation is 1. The number of sulfone groups is 1. The summed E-state index contributed by atoms with van der Waals surface area (Å²) in [7, 11) is 1.01. The molecule has 3 rings (SSSR count). The molecule has 0 bridgehead atoms. The van der Waals surface area contributed by atoms with Crippen molar-refractivity contribution in [3.63, 3.8) is 0 Å². The predicted molar refractivity (Wildman–Crippen MR) is 121 cm³/mol. The fraction of sp³-hybridized carbons (Fsp3) is 0.773. The third kappa shape index (κ3) is 5.61. The fourth-order valence-corrected chi connectivity index (χ4v) is 7.43. The van der Waals surface area contributed by atoms with E-state index in [9.17, 15) is 13.2 Å². The van der Waals surface area contributed by atoms with Crippen LogP contribution >= 0.6 is 11.3 Å². The van der Waals surface area contributed by atoms with Crippen LogP contribution in [0, 0.1) is 11.3 Å². The first-order valence-corrected chi connectivity index (χ1v) is 13.4. The lowest BCUT2D eigenvalue weighted by Gasteiger charge is -2.33. The van der Waals surface area contributed by atoms with Gasteiger partial charge in [-0.05, 0) is 75.7 Å². The van der Waals surface area contributed by atoms with Gasteiger partial charge in [-0.1, -0.05) is 20.8 Å². The topological polar surface area (TPSA) is 57.7 Å². The van der Waals surface area contributed by atoms with Crippen LogP contribution in [-0.4, -0.2) is 68.9 Å². The Morgan fingerprint density at radius 3 is 2.52 bits per heavy atom. The maximum Gasteiger partial charge on any atom is 0.264 e. The largest absolute Gasteiger partial charge is 0.334 e. The maximum atomic E-state index is 13.4. The van der Waals surface area contributed by atoms with E-state index in [1.165, 1.54) is 16.9 Å². The number of carbonyl (C=O) groups is 1. The molecule has 2 heterocycles. The Morgan fingerprint density at radius 1 is 1.21 bits per heavy atom. The van der Waals surface area contributed by atoms with Gasteiger partial charge >= 0.3 is 0 Å². The van der Waals surface area contributed by atoms with Gasteiger partial charge in [0.1, 0.15) is 0 Å². The zero-order valence-electron chi connectivity index (χ0n) is 18.5. The van der Waals surface area contributed by atoms with E-state index in [2.05, 4.69) is 31.7 Å². The van der Waals surface area contributed by atoms with Crippen molar-refractivity contribution in [1.29, 1.82) is 0 Å². The van der Waals surface area contributed by atoms with Crippen LogP contribution in [0.1, 0.15) is 60.1 Å². The van der Waals surface area contributed by atoms with E-state index in [0.717, 1.165) is 30.7 Å². The Morgan fingerprint density at radius 2 is 1.93 bits per heavy atom. The van der Waals surface area contributed by atoms with Crippen molar-refractivity contribution in [2.24, 2.45) is 11.3 Å². The molecule has 2 atom stereocenters. The molecule has 2 unspecified atom stereocenters. The molecule has 5 nitrogen and oxygen atoms in total. The molecule has 0 aromatic carbocycles. The molecule has 1 saturated heterocycles. The van der Waals surface area contributed by atoms with Crippen LogP contribution in [0.5, 0.6) is 0 Å². The first kappa shape index (κ1) is 22.8. The highest BCUT2D eigenvalue weighted by Gasteiger charge is 2.36. The van der Waals surface area contributed by atoms with Gasteiger partial charge in [0.05, 0.1) is 16.4 Å². The molecule has 0 radical (unpaired) electrons. The third-order valence-electron chi connectivity index (χ3n) is 6.43. The first-order valence-electron chi connectivity index (χ1n) is 10.7. The van der Waals surface area contributed by atoms with Crippen LogP contribution < -0.4 is 0 Å². The zero-order chi connectivity index (χ0) is 21.4. The summed E-state index contributed by atoms with van der Waals surface area (Å²) in [6.07, 6.45) is 4.69. The lowest BCUT2D eigenvalue weighted by molar-refractivity contribution is 0.0695. The van der Waals surface area contributed by atoms with E-state index in [-0.39, 0.29) is 28.9 Å². The van der Waals surface area contributed by atoms with Crippen molar-refractivity contribution >= 4 is 27.1 Å². The number of fused-ring (bicyclic) bond motifs is 1. The quantitative estimate of drug-likeness (QED) is 0.680.